The van der Waals surface area contributed by atoms with E-state index in [0.717, 1.165) is 16.1 Å². The Bertz CT molecular complexity index is 1220. The van der Waals surface area contributed by atoms with Crippen molar-refractivity contribution in [3.8, 4) is 11.1 Å². The lowest BCUT2D eigenvalue weighted by Gasteiger charge is -2.04. The number of fused-ring (bicyclic) bond motifs is 4. The molecule has 0 unspecified atom stereocenters. The molecule has 5 rings (SSSR count). The Kier molecular flexibility index (Phi) is 2.91. The van der Waals surface area contributed by atoms with E-state index in [-0.39, 0.29) is 0 Å². The number of nitrogens with one attached hydrogen (secondary N) is 1. The van der Waals surface area contributed by atoms with Crippen LogP contribution >= 0.6 is 11.6 Å². The van der Waals surface area contributed by atoms with Crippen molar-refractivity contribution in [3.63, 3.8) is 0 Å². The van der Waals surface area contributed by atoms with Gasteiger partial charge >= 0.3 is 0 Å². The molecule has 4 aromatic carbocycles. The molecule has 1 aromatic heterocycles. The van der Waals surface area contributed by atoms with Gasteiger partial charge in [0.15, 0.2) is 0 Å². The van der Waals surface area contributed by atoms with Crippen molar-refractivity contribution in [3.05, 3.63) is 83.9 Å². The highest BCUT2D eigenvalue weighted by Crippen LogP contribution is 2.32. The number of hydrogen-bond donors (Lipinski definition) is 1. The lowest BCUT2D eigenvalue weighted by atomic mass is 10.00. The average Bonchev–Trinajstić information content (AvgIpc) is 2.97. The Morgan fingerprint density at radius 2 is 1.25 bits per heavy atom. The molecule has 1 nitrogen and oxygen atoms in total. The fourth-order valence-electron chi connectivity index (χ4n) is 3.43. The van der Waals surface area contributed by atoms with Crippen molar-refractivity contribution < 1.29 is 0 Å². The Labute approximate surface area is 144 Å². The van der Waals surface area contributed by atoms with Crippen molar-refractivity contribution in [1.82, 2.24) is 4.98 Å². The third-order valence-electron chi connectivity index (χ3n) is 4.64. The van der Waals surface area contributed by atoms with Gasteiger partial charge in [-0.25, -0.2) is 0 Å². The van der Waals surface area contributed by atoms with E-state index in [1.807, 2.05) is 12.1 Å². The van der Waals surface area contributed by atoms with Crippen LogP contribution < -0.4 is 0 Å². The summed E-state index contributed by atoms with van der Waals surface area (Å²) in [6.45, 7) is 0. The largest absolute Gasteiger partial charge is 0.354 e. The molecule has 0 saturated heterocycles. The topological polar surface area (TPSA) is 15.8 Å². The Morgan fingerprint density at radius 1 is 0.583 bits per heavy atom. The standard InChI is InChI=1S/C22H14ClN/c23-18-8-10-20-19-9-7-17(12-21(19)24-22(20)13-18)16-6-5-14-3-1-2-4-15(14)11-16/h1-13,24H. The molecule has 0 radical (unpaired) electrons. The second kappa shape index (κ2) is 5.12. The first-order chi connectivity index (χ1) is 11.8. The molecule has 0 bridgehead atoms. The molecule has 1 N–H and O–H groups in total. The van der Waals surface area contributed by atoms with Gasteiger partial charge in [-0.05, 0) is 46.2 Å². The summed E-state index contributed by atoms with van der Waals surface area (Å²) in [5, 5.41) is 5.72. The summed E-state index contributed by atoms with van der Waals surface area (Å²) in [5.41, 5.74) is 4.66. The van der Waals surface area contributed by atoms with E-state index in [9.17, 15) is 0 Å². The third-order valence-corrected chi connectivity index (χ3v) is 4.88. The predicted molar refractivity (Wildman–Crippen MR) is 104 cm³/mol. The molecular formula is C22H14ClN. The zero-order valence-electron chi connectivity index (χ0n) is 12.9. The highest BCUT2D eigenvalue weighted by molar-refractivity contribution is 6.31. The number of aromatic nitrogens is 1. The molecule has 114 valence electrons. The lowest BCUT2D eigenvalue weighted by Crippen LogP contribution is -1.79. The quantitative estimate of drug-likeness (QED) is 0.348. The van der Waals surface area contributed by atoms with E-state index in [1.165, 1.54) is 32.7 Å². The van der Waals surface area contributed by atoms with E-state index in [0.29, 0.717) is 0 Å². The average molecular weight is 328 g/mol. The summed E-state index contributed by atoms with van der Waals surface area (Å²) in [6.07, 6.45) is 0. The molecule has 24 heavy (non-hydrogen) atoms. The maximum atomic E-state index is 6.11. The first-order valence-corrected chi connectivity index (χ1v) is 8.36. The minimum atomic E-state index is 0.754. The summed E-state index contributed by atoms with van der Waals surface area (Å²) in [7, 11) is 0. The maximum Gasteiger partial charge on any atom is 0.0479 e. The lowest BCUT2D eigenvalue weighted by molar-refractivity contribution is 1.54. The van der Waals surface area contributed by atoms with Crippen molar-refractivity contribution in [2.75, 3.05) is 0 Å². The van der Waals surface area contributed by atoms with Crippen molar-refractivity contribution in [2.45, 2.75) is 0 Å². The van der Waals surface area contributed by atoms with Crippen LogP contribution in [0.3, 0.4) is 0 Å². The number of benzene rings is 4. The van der Waals surface area contributed by atoms with Gasteiger partial charge in [-0.1, -0.05) is 66.2 Å². The first kappa shape index (κ1) is 13.6. The molecule has 5 aromatic rings. The predicted octanol–water partition coefficient (Wildman–Crippen LogP) is 6.79. The second-order valence-electron chi connectivity index (χ2n) is 6.14. The van der Waals surface area contributed by atoms with Gasteiger partial charge in [-0.15, -0.1) is 0 Å². The Morgan fingerprint density at radius 3 is 2.12 bits per heavy atom. The van der Waals surface area contributed by atoms with Crippen LogP contribution in [0.15, 0.2) is 78.9 Å². The fourth-order valence-corrected chi connectivity index (χ4v) is 3.60. The SMILES string of the molecule is Clc1ccc2c(c1)[nH]c1cc(-c3ccc4ccccc4c3)ccc12. The van der Waals surface area contributed by atoms with E-state index in [1.54, 1.807) is 0 Å². The molecule has 0 atom stereocenters. The Balaban J connectivity index is 1.72. The van der Waals surface area contributed by atoms with E-state index >= 15 is 0 Å². The second-order valence-corrected chi connectivity index (χ2v) is 6.57. The van der Waals surface area contributed by atoms with Crippen LogP contribution in [0, 0.1) is 0 Å². The van der Waals surface area contributed by atoms with Gasteiger partial charge < -0.3 is 4.98 Å². The highest BCUT2D eigenvalue weighted by Gasteiger charge is 2.07. The summed E-state index contributed by atoms with van der Waals surface area (Å²) in [5.74, 6) is 0. The van der Waals surface area contributed by atoms with E-state index < -0.39 is 0 Å². The van der Waals surface area contributed by atoms with Crippen molar-refractivity contribution in [2.24, 2.45) is 0 Å². The Hall–Kier alpha value is -2.77. The minimum Gasteiger partial charge on any atom is -0.354 e. The minimum absolute atomic E-state index is 0.754. The highest BCUT2D eigenvalue weighted by atomic mass is 35.5. The summed E-state index contributed by atoms with van der Waals surface area (Å²) in [6, 6.07) is 27.6. The van der Waals surface area contributed by atoms with Gasteiger partial charge in [0, 0.05) is 26.8 Å². The normalized spacial score (nSPS) is 11.5. The van der Waals surface area contributed by atoms with Gasteiger partial charge in [0.2, 0.25) is 0 Å². The van der Waals surface area contributed by atoms with E-state index in [4.69, 9.17) is 11.6 Å². The molecule has 0 aliphatic heterocycles. The molecule has 0 aliphatic carbocycles. The molecule has 2 heteroatoms. The first-order valence-electron chi connectivity index (χ1n) is 7.98. The molecule has 0 amide bonds. The molecular weight excluding hydrogens is 314 g/mol. The number of halogens is 1. The molecule has 1 heterocycles. The zero-order valence-corrected chi connectivity index (χ0v) is 13.6. The summed E-state index contributed by atoms with van der Waals surface area (Å²) < 4.78 is 0. The fraction of sp³-hybridized carbons (Fsp3) is 0. The van der Waals surface area contributed by atoms with E-state index in [2.05, 4.69) is 71.7 Å². The molecule has 0 aliphatic rings. The van der Waals surface area contributed by atoms with Crippen molar-refractivity contribution >= 4 is 44.2 Å². The maximum absolute atomic E-state index is 6.11. The molecule has 0 fully saturated rings. The molecule has 0 spiro atoms. The van der Waals surface area contributed by atoms with Crippen LogP contribution in [0.4, 0.5) is 0 Å². The van der Waals surface area contributed by atoms with Gasteiger partial charge in [0.05, 0.1) is 0 Å². The summed E-state index contributed by atoms with van der Waals surface area (Å²) >= 11 is 6.11. The van der Waals surface area contributed by atoms with Crippen LogP contribution in [-0.4, -0.2) is 4.98 Å². The number of H-pyrrole nitrogens is 1. The monoisotopic (exact) mass is 327 g/mol. The zero-order chi connectivity index (χ0) is 16.1. The van der Waals surface area contributed by atoms with Crippen LogP contribution in [0.2, 0.25) is 5.02 Å². The van der Waals surface area contributed by atoms with Gasteiger partial charge in [-0.2, -0.15) is 0 Å². The number of hydrogen-bond acceptors (Lipinski definition) is 0. The van der Waals surface area contributed by atoms with Crippen LogP contribution in [0.1, 0.15) is 0 Å². The van der Waals surface area contributed by atoms with Gasteiger partial charge in [0.25, 0.3) is 0 Å². The summed E-state index contributed by atoms with van der Waals surface area (Å²) in [4.78, 5) is 3.48. The van der Waals surface area contributed by atoms with Gasteiger partial charge in [0.1, 0.15) is 0 Å². The smallest absolute Gasteiger partial charge is 0.0479 e. The number of rotatable bonds is 1. The van der Waals surface area contributed by atoms with Gasteiger partial charge in [-0.3, -0.25) is 0 Å². The van der Waals surface area contributed by atoms with Crippen molar-refractivity contribution in [1.29, 1.82) is 0 Å². The molecule has 0 saturated carbocycles. The third kappa shape index (κ3) is 2.10. The number of aromatic amines is 1. The van der Waals surface area contributed by atoms with Crippen LogP contribution in [0.5, 0.6) is 0 Å². The van der Waals surface area contributed by atoms with Crippen LogP contribution in [0.25, 0.3) is 43.7 Å². The van der Waals surface area contributed by atoms with Crippen LogP contribution in [-0.2, 0) is 0 Å².